The fraction of sp³-hybridized carbons (Fsp3) is 0.333. The molecular formula is C9H7ClF7N. The molecule has 18 heavy (non-hydrogen) atoms. The maximum atomic E-state index is 13.0. The van der Waals surface area contributed by atoms with Crippen molar-refractivity contribution in [3.63, 3.8) is 0 Å². The molecule has 0 fully saturated rings. The molecule has 1 atom stereocenters. The highest BCUT2D eigenvalue weighted by molar-refractivity contribution is 5.85. The van der Waals surface area contributed by atoms with Crippen LogP contribution in [-0.2, 0) is 0 Å². The van der Waals surface area contributed by atoms with Crippen LogP contribution in [0.15, 0.2) is 18.2 Å². The summed E-state index contributed by atoms with van der Waals surface area (Å²) in [4.78, 5) is 0. The quantitative estimate of drug-likeness (QED) is 0.830. The van der Waals surface area contributed by atoms with Crippen LogP contribution in [0, 0.1) is 11.6 Å². The number of halogens is 8. The van der Waals surface area contributed by atoms with Crippen molar-refractivity contribution in [2.75, 3.05) is 0 Å². The van der Waals surface area contributed by atoms with E-state index in [0.29, 0.717) is 12.1 Å². The second-order valence-corrected chi connectivity index (χ2v) is 3.26. The molecular weight excluding hydrogens is 291 g/mol. The standard InChI is InChI=1S/C9H6F7N.ClH/c10-4-1-2-6(11)5(3-4)7(17)8(12,13)9(14,15)16;/h1-3,7H,17H2;1H/t7-;/m0./s1. The molecule has 104 valence electrons. The van der Waals surface area contributed by atoms with Crippen molar-refractivity contribution in [1.82, 2.24) is 0 Å². The Labute approximate surface area is 103 Å². The van der Waals surface area contributed by atoms with Gasteiger partial charge in [-0.3, -0.25) is 0 Å². The minimum Gasteiger partial charge on any atom is -0.319 e. The Balaban J connectivity index is 0.00000289. The Hall–Kier alpha value is -1.02. The van der Waals surface area contributed by atoms with Gasteiger partial charge in [-0.05, 0) is 18.2 Å². The zero-order valence-corrected chi connectivity index (χ0v) is 9.26. The fourth-order valence-electron chi connectivity index (χ4n) is 1.12. The summed E-state index contributed by atoms with van der Waals surface area (Å²) in [5.74, 6) is -7.93. The second-order valence-electron chi connectivity index (χ2n) is 3.26. The van der Waals surface area contributed by atoms with E-state index in [1.54, 1.807) is 0 Å². The molecule has 2 N–H and O–H groups in total. The number of hydrogen-bond acceptors (Lipinski definition) is 1. The van der Waals surface area contributed by atoms with Gasteiger partial charge in [0.1, 0.15) is 17.7 Å². The molecule has 1 rings (SSSR count). The Morgan fingerprint density at radius 3 is 1.94 bits per heavy atom. The van der Waals surface area contributed by atoms with Gasteiger partial charge in [0.25, 0.3) is 0 Å². The third-order valence-electron chi connectivity index (χ3n) is 2.06. The average molecular weight is 298 g/mol. The van der Waals surface area contributed by atoms with E-state index in [-0.39, 0.29) is 18.5 Å². The van der Waals surface area contributed by atoms with Crippen LogP contribution in [0.3, 0.4) is 0 Å². The molecule has 0 saturated carbocycles. The molecule has 1 aromatic rings. The van der Waals surface area contributed by atoms with Gasteiger partial charge in [0.05, 0.1) is 0 Å². The van der Waals surface area contributed by atoms with Crippen molar-refractivity contribution in [3.05, 3.63) is 35.4 Å². The molecule has 0 heterocycles. The monoisotopic (exact) mass is 297 g/mol. The summed E-state index contributed by atoms with van der Waals surface area (Å²) >= 11 is 0. The van der Waals surface area contributed by atoms with Gasteiger partial charge in [0.15, 0.2) is 0 Å². The van der Waals surface area contributed by atoms with E-state index in [4.69, 9.17) is 0 Å². The predicted octanol–water partition coefficient (Wildman–Crippen LogP) is 3.58. The number of alkyl halides is 5. The van der Waals surface area contributed by atoms with Crippen LogP contribution in [-0.4, -0.2) is 12.1 Å². The molecule has 0 aliphatic heterocycles. The molecule has 0 radical (unpaired) electrons. The van der Waals surface area contributed by atoms with E-state index in [2.05, 4.69) is 5.73 Å². The predicted molar refractivity (Wildman–Crippen MR) is 51.5 cm³/mol. The zero-order chi connectivity index (χ0) is 13.4. The SMILES string of the molecule is Cl.N[C@@H](c1cc(F)ccc1F)C(F)(F)C(F)(F)F. The minimum absolute atomic E-state index is 0. The topological polar surface area (TPSA) is 26.0 Å². The van der Waals surface area contributed by atoms with Crippen molar-refractivity contribution in [2.45, 2.75) is 18.1 Å². The number of hydrogen-bond donors (Lipinski definition) is 1. The van der Waals surface area contributed by atoms with Crippen LogP contribution in [0.5, 0.6) is 0 Å². The highest BCUT2D eigenvalue weighted by Crippen LogP contribution is 2.43. The van der Waals surface area contributed by atoms with Crippen molar-refractivity contribution < 1.29 is 30.7 Å². The van der Waals surface area contributed by atoms with Gasteiger partial charge in [-0.25, -0.2) is 8.78 Å². The summed E-state index contributed by atoms with van der Waals surface area (Å²) in [5, 5.41) is 0. The van der Waals surface area contributed by atoms with E-state index in [9.17, 15) is 30.7 Å². The molecule has 0 spiro atoms. The van der Waals surface area contributed by atoms with Gasteiger partial charge in [0.2, 0.25) is 0 Å². The van der Waals surface area contributed by atoms with Crippen LogP contribution >= 0.6 is 12.4 Å². The van der Waals surface area contributed by atoms with Gasteiger partial charge in [-0.15, -0.1) is 12.4 Å². The van der Waals surface area contributed by atoms with E-state index in [1.807, 2.05) is 0 Å². The van der Waals surface area contributed by atoms with E-state index in [1.165, 1.54) is 0 Å². The van der Waals surface area contributed by atoms with Gasteiger partial charge in [0, 0.05) is 5.56 Å². The molecule has 0 bridgehead atoms. The molecule has 0 aromatic heterocycles. The highest BCUT2D eigenvalue weighted by Gasteiger charge is 2.62. The molecule has 9 heteroatoms. The van der Waals surface area contributed by atoms with Crippen molar-refractivity contribution in [3.8, 4) is 0 Å². The lowest BCUT2D eigenvalue weighted by Gasteiger charge is -2.26. The summed E-state index contributed by atoms with van der Waals surface area (Å²) in [5.41, 5.74) is 3.42. The van der Waals surface area contributed by atoms with E-state index < -0.39 is 35.3 Å². The summed E-state index contributed by atoms with van der Waals surface area (Å²) in [7, 11) is 0. The van der Waals surface area contributed by atoms with Crippen molar-refractivity contribution >= 4 is 12.4 Å². The zero-order valence-electron chi connectivity index (χ0n) is 8.44. The van der Waals surface area contributed by atoms with Crippen LogP contribution in [0.4, 0.5) is 30.7 Å². The third-order valence-corrected chi connectivity index (χ3v) is 2.06. The number of nitrogens with two attached hydrogens (primary N) is 1. The third kappa shape index (κ3) is 3.05. The smallest absolute Gasteiger partial charge is 0.319 e. The van der Waals surface area contributed by atoms with E-state index in [0.717, 1.165) is 0 Å². The Bertz CT molecular complexity index is 418. The molecule has 0 aliphatic rings. The molecule has 1 aromatic carbocycles. The Morgan fingerprint density at radius 2 is 1.50 bits per heavy atom. The maximum absolute atomic E-state index is 13.0. The summed E-state index contributed by atoms with van der Waals surface area (Å²) < 4.78 is 87.1. The van der Waals surface area contributed by atoms with Gasteiger partial charge < -0.3 is 5.73 Å². The number of benzene rings is 1. The Morgan fingerprint density at radius 1 is 1.00 bits per heavy atom. The maximum Gasteiger partial charge on any atom is 0.455 e. The normalized spacial score (nSPS) is 14.0. The van der Waals surface area contributed by atoms with E-state index >= 15 is 0 Å². The summed E-state index contributed by atoms with van der Waals surface area (Å²) in [6.45, 7) is 0. The molecule has 0 unspecified atom stereocenters. The molecule has 1 nitrogen and oxygen atoms in total. The lowest BCUT2D eigenvalue weighted by Crippen LogP contribution is -2.46. The minimum atomic E-state index is -5.94. The molecule has 0 amide bonds. The van der Waals surface area contributed by atoms with Gasteiger partial charge in [-0.1, -0.05) is 0 Å². The lowest BCUT2D eigenvalue weighted by molar-refractivity contribution is -0.291. The average Bonchev–Trinajstić information content (AvgIpc) is 2.19. The summed E-state index contributed by atoms with van der Waals surface area (Å²) in [6, 6.07) is -1.79. The van der Waals surface area contributed by atoms with Gasteiger partial charge in [-0.2, -0.15) is 22.0 Å². The first-order chi connectivity index (χ1) is 7.57. The van der Waals surface area contributed by atoms with Crippen molar-refractivity contribution in [2.24, 2.45) is 5.73 Å². The van der Waals surface area contributed by atoms with Crippen LogP contribution < -0.4 is 5.73 Å². The molecule has 0 saturated heterocycles. The van der Waals surface area contributed by atoms with Gasteiger partial charge >= 0.3 is 12.1 Å². The highest BCUT2D eigenvalue weighted by atomic mass is 35.5. The van der Waals surface area contributed by atoms with Crippen molar-refractivity contribution in [1.29, 1.82) is 0 Å². The first-order valence-corrected chi connectivity index (χ1v) is 4.22. The lowest BCUT2D eigenvalue weighted by atomic mass is 10.0. The van der Waals surface area contributed by atoms with Crippen LogP contribution in [0.25, 0.3) is 0 Å². The first kappa shape index (κ1) is 17.0. The Kier molecular flexibility index (Phi) is 5.01. The second kappa shape index (κ2) is 5.31. The summed E-state index contributed by atoms with van der Waals surface area (Å²) in [6.07, 6.45) is -5.94. The molecule has 0 aliphatic carbocycles. The fourth-order valence-corrected chi connectivity index (χ4v) is 1.12. The van der Waals surface area contributed by atoms with Crippen LogP contribution in [0.1, 0.15) is 11.6 Å². The first-order valence-electron chi connectivity index (χ1n) is 4.22. The number of rotatable bonds is 2. The largest absolute Gasteiger partial charge is 0.455 e. The van der Waals surface area contributed by atoms with Crippen LogP contribution in [0.2, 0.25) is 0 Å².